The quantitative estimate of drug-likeness (QED) is 0.317. The molecule has 0 aliphatic carbocycles. The summed E-state index contributed by atoms with van der Waals surface area (Å²) >= 11 is 6.05. The van der Waals surface area contributed by atoms with Gasteiger partial charge in [0.2, 0.25) is 10.0 Å². The zero-order valence-electron chi connectivity index (χ0n) is 18.5. The van der Waals surface area contributed by atoms with Crippen LogP contribution in [0.25, 0.3) is 0 Å². The second-order valence-electron chi connectivity index (χ2n) is 7.07. The number of hydrogen-bond donors (Lipinski definition) is 1. The first-order chi connectivity index (χ1) is 15.4. The molecule has 10 nitrogen and oxygen atoms in total. The molecule has 0 aliphatic rings. The highest BCUT2D eigenvalue weighted by Crippen LogP contribution is 2.28. The highest BCUT2D eigenvalue weighted by atomic mass is 35.5. The second-order valence-corrected chi connectivity index (χ2v) is 9.38. The summed E-state index contributed by atoms with van der Waals surface area (Å²) in [7, 11) is -3.93. The van der Waals surface area contributed by atoms with Crippen molar-refractivity contribution in [1.29, 1.82) is 0 Å². The fourth-order valence-electron chi connectivity index (χ4n) is 2.98. The molecule has 0 saturated heterocycles. The average molecular weight is 498 g/mol. The molecule has 33 heavy (non-hydrogen) atoms. The maximum atomic E-state index is 12.8. The molecule has 0 saturated carbocycles. The van der Waals surface area contributed by atoms with Gasteiger partial charge in [0.25, 0.3) is 11.6 Å². The van der Waals surface area contributed by atoms with Crippen LogP contribution < -0.4 is 5.32 Å². The Morgan fingerprint density at radius 2 is 1.73 bits per heavy atom. The van der Waals surface area contributed by atoms with Crippen LogP contribution in [0.15, 0.2) is 35.2 Å². The van der Waals surface area contributed by atoms with E-state index in [0.29, 0.717) is 5.56 Å². The molecule has 0 bridgehead atoms. The van der Waals surface area contributed by atoms with Crippen molar-refractivity contribution in [2.24, 2.45) is 0 Å². The molecule has 0 aromatic heterocycles. The Labute approximate surface area is 196 Å². The van der Waals surface area contributed by atoms with E-state index in [-0.39, 0.29) is 39.9 Å². The third-order valence-corrected chi connectivity index (χ3v) is 7.44. The smallest absolute Gasteiger partial charge is 0.338 e. The number of sulfonamides is 1. The Bertz CT molecular complexity index is 1190. The number of nitrogens with zero attached hydrogens (tertiary/aromatic N) is 2. The van der Waals surface area contributed by atoms with Crippen LogP contribution in [0.3, 0.4) is 0 Å². The summed E-state index contributed by atoms with van der Waals surface area (Å²) < 4.78 is 31.7. The molecule has 0 spiro atoms. The van der Waals surface area contributed by atoms with E-state index in [2.05, 4.69) is 5.32 Å². The highest BCUT2D eigenvalue weighted by Gasteiger charge is 2.26. The zero-order valence-corrected chi connectivity index (χ0v) is 20.1. The Kier molecular flexibility index (Phi) is 8.53. The minimum atomic E-state index is -3.93. The van der Waals surface area contributed by atoms with Gasteiger partial charge in [0.05, 0.1) is 15.5 Å². The lowest BCUT2D eigenvalue weighted by molar-refractivity contribution is -0.384. The van der Waals surface area contributed by atoms with Crippen LogP contribution in [-0.2, 0) is 19.6 Å². The number of amides is 1. The number of nitrogens with one attached hydrogen (secondary N) is 1. The molecule has 2 aromatic rings. The van der Waals surface area contributed by atoms with E-state index in [1.54, 1.807) is 27.7 Å². The first-order valence-electron chi connectivity index (χ1n) is 9.94. The standard InChI is InChI=1S/C21H24ClN3O7S/c1-5-24(6-2)33(30,31)19-11-15(7-8-16(19)22)21(27)32-12-20(26)23-17-9-13(3)14(4)10-18(17)25(28)29/h7-11H,5-6,12H2,1-4H3,(H,23,26). The molecule has 0 heterocycles. The lowest BCUT2D eigenvalue weighted by Crippen LogP contribution is -2.31. The van der Waals surface area contributed by atoms with Gasteiger partial charge in [-0.15, -0.1) is 0 Å². The van der Waals surface area contributed by atoms with Gasteiger partial charge in [0, 0.05) is 19.2 Å². The molecule has 0 radical (unpaired) electrons. The van der Waals surface area contributed by atoms with Crippen molar-refractivity contribution in [2.45, 2.75) is 32.6 Å². The van der Waals surface area contributed by atoms with Crippen LogP contribution in [0, 0.1) is 24.0 Å². The number of nitro groups is 1. The van der Waals surface area contributed by atoms with Crippen molar-refractivity contribution >= 4 is 44.9 Å². The van der Waals surface area contributed by atoms with Crippen LogP contribution >= 0.6 is 11.6 Å². The number of carbonyl (C=O) groups is 2. The predicted molar refractivity (Wildman–Crippen MR) is 123 cm³/mol. The van der Waals surface area contributed by atoms with E-state index < -0.39 is 33.4 Å². The van der Waals surface area contributed by atoms with Gasteiger partial charge in [-0.2, -0.15) is 4.31 Å². The number of benzene rings is 2. The normalized spacial score (nSPS) is 11.3. The van der Waals surface area contributed by atoms with Crippen LogP contribution in [-0.4, -0.2) is 49.2 Å². The third-order valence-electron chi connectivity index (χ3n) is 4.91. The summed E-state index contributed by atoms with van der Waals surface area (Å²) in [6.07, 6.45) is 0. The molecular weight excluding hydrogens is 474 g/mol. The van der Waals surface area contributed by atoms with Gasteiger partial charge in [0.15, 0.2) is 6.61 Å². The summed E-state index contributed by atoms with van der Waals surface area (Å²) in [5, 5.41) is 13.6. The molecule has 178 valence electrons. The number of carbonyl (C=O) groups excluding carboxylic acids is 2. The van der Waals surface area contributed by atoms with Gasteiger partial charge in [-0.1, -0.05) is 25.4 Å². The van der Waals surface area contributed by atoms with Crippen LogP contribution in [0.5, 0.6) is 0 Å². The van der Waals surface area contributed by atoms with Gasteiger partial charge < -0.3 is 10.1 Å². The van der Waals surface area contributed by atoms with Crippen molar-refractivity contribution in [3.63, 3.8) is 0 Å². The highest BCUT2D eigenvalue weighted by molar-refractivity contribution is 7.89. The molecule has 2 aromatic carbocycles. The maximum absolute atomic E-state index is 12.8. The van der Waals surface area contributed by atoms with Gasteiger partial charge in [-0.05, 0) is 49.2 Å². The molecule has 0 atom stereocenters. The number of anilines is 1. The molecule has 2 rings (SSSR count). The van der Waals surface area contributed by atoms with E-state index >= 15 is 0 Å². The number of esters is 1. The third kappa shape index (κ3) is 6.06. The van der Waals surface area contributed by atoms with Gasteiger partial charge in [0.1, 0.15) is 10.6 Å². The minimum absolute atomic E-state index is 0.0248. The van der Waals surface area contributed by atoms with E-state index in [0.717, 1.165) is 11.6 Å². The fraction of sp³-hybridized carbons (Fsp3) is 0.333. The molecule has 0 fully saturated rings. The van der Waals surface area contributed by atoms with Crippen molar-refractivity contribution in [3.8, 4) is 0 Å². The van der Waals surface area contributed by atoms with Crippen molar-refractivity contribution < 1.29 is 27.7 Å². The van der Waals surface area contributed by atoms with Crippen LogP contribution in [0.4, 0.5) is 11.4 Å². The second kappa shape index (κ2) is 10.7. The van der Waals surface area contributed by atoms with Crippen molar-refractivity contribution in [1.82, 2.24) is 4.31 Å². The fourth-order valence-corrected chi connectivity index (χ4v) is 4.94. The first-order valence-corrected chi connectivity index (χ1v) is 11.8. The average Bonchev–Trinajstić information content (AvgIpc) is 2.75. The monoisotopic (exact) mass is 497 g/mol. The SMILES string of the molecule is CCN(CC)S(=O)(=O)c1cc(C(=O)OCC(=O)Nc2cc(C)c(C)cc2[N+](=O)[O-])ccc1Cl. The van der Waals surface area contributed by atoms with Crippen LogP contribution in [0.2, 0.25) is 5.02 Å². The largest absolute Gasteiger partial charge is 0.452 e. The maximum Gasteiger partial charge on any atom is 0.338 e. The molecule has 1 N–H and O–H groups in total. The van der Waals surface area contributed by atoms with Gasteiger partial charge in [-0.3, -0.25) is 14.9 Å². The molecule has 12 heteroatoms. The predicted octanol–water partition coefficient (Wildman–Crippen LogP) is 3.69. The number of rotatable bonds is 9. The molecule has 0 aliphatic heterocycles. The topological polar surface area (TPSA) is 136 Å². The van der Waals surface area contributed by atoms with E-state index in [1.807, 2.05) is 0 Å². The molecule has 1 amide bonds. The van der Waals surface area contributed by atoms with Gasteiger partial charge in [-0.25, -0.2) is 13.2 Å². The summed E-state index contributed by atoms with van der Waals surface area (Å²) in [4.78, 5) is 35.0. The Morgan fingerprint density at radius 3 is 2.30 bits per heavy atom. The number of halogens is 1. The summed E-state index contributed by atoms with van der Waals surface area (Å²) in [6.45, 7) is 6.49. The van der Waals surface area contributed by atoms with Crippen LogP contribution in [0.1, 0.15) is 35.3 Å². The number of aryl methyl sites for hydroxylation is 2. The number of ether oxygens (including phenoxy) is 1. The number of hydrogen-bond acceptors (Lipinski definition) is 7. The van der Waals surface area contributed by atoms with Crippen molar-refractivity contribution in [2.75, 3.05) is 25.0 Å². The Hall–Kier alpha value is -3.02. The van der Waals surface area contributed by atoms with E-state index in [9.17, 15) is 28.1 Å². The van der Waals surface area contributed by atoms with Gasteiger partial charge >= 0.3 is 5.97 Å². The first kappa shape index (κ1) is 26.2. The van der Waals surface area contributed by atoms with E-state index in [1.165, 1.54) is 28.6 Å². The summed E-state index contributed by atoms with van der Waals surface area (Å²) in [5.41, 5.74) is 0.986. The van der Waals surface area contributed by atoms with E-state index in [4.69, 9.17) is 16.3 Å². The Morgan fingerprint density at radius 1 is 1.12 bits per heavy atom. The molecular formula is C21H24ClN3O7S. The minimum Gasteiger partial charge on any atom is -0.452 e. The van der Waals surface area contributed by atoms with Crippen molar-refractivity contribution in [3.05, 3.63) is 62.2 Å². The molecule has 0 unspecified atom stereocenters. The zero-order chi connectivity index (χ0) is 24.9. The summed E-state index contributed by atoms with van der Waals surface area (Å²) in [6, 6.07) is 6.41. The lowest BCUT2D eigenvalue weighted by Gasteiger charge is -2.19. The number of nitro benzene ring substituents is 1. The summed E-state index contributed by atoms with van der Waals surface area (Å²) in [5.74, 6) is -1.74. The lowest BCUT2D eigenvalue weighted by atomic mass is 10.1. The Balaban J connectivity index is 2.17.